The van der Waals surface area contributed by atoms with E-state index in [1.54, 1.807) is 30.6 Å². The van der Waals surface area contributed by atoms with E-state index >= 15 is 0 Å². The number of aliphatic hydroxyl groups excluding tert-OH is 1. The third-order valence-corrected chi connectivity index (χ3v) is 9.63. The minimum Gasteiger partial charge on any atom is -0.489 e. The van der Waals surface area contributed by atoms with Crippen molar-refractivity contribution in [3.8, 4) is 11.8 Å². The van der Waals surface area contributed by atoms with Gasteiger partial charge >= 0.3 is 0 Å². The van der Waals surface area contributed by atoms with Crippen LogP contribution in [0.4, 0.5) is 5.95 Å². The van der Waals surface area contributed by atoms with Gasteiger partial charge in [-0.05, 0) is 43.7 Å². The number of piperazine rings is 1. The van der Waals surface area contributed by atoms with E-state index in [2.05, 4.69) is 58.8 Å². The zero-order chi connectivity index (χ0) is 29.4. The number of rotatable bonds is 7. The van der Waals surface area contributed by atoms with E-state index in [1.807, 2.05) is 0 Å². The van der Waals surface area contributed by atoms with Gasteiger partial charge in [0.25, 0.3) is 5.91 Å². The molecule has 1 aromatic carbocycles. The molecule has 5 rings (SSSR count). The number of aromatic nitrogens is 2. The average Bonchev–Trinajstić information content (AvgIpc) is 2.96. The van der Waals surface area contributed by atoms with Gasteiger partial charge in [-0.2, -0.15) is 5.26 Å². The predicted molar refractivity (Wildman–Crippen MR) is 158 cm³/mol. The van der Waals surface area contributed by atoms with Crippen molar-refractivity contribution in [2.45, 2.75) is 71.6 Å². The van der Waals surface area contributed by atoms with E-state index in [-0.39, 0.29) is 35.0 Å². The van der Waals surface area contributed by atoms with Gasteiger partial charge in [0.05, 0.1) is 22.3 Å². The largest absolute Gasteiger partial charge is 0.489 e. The molecular weight excluding hydrogens is 540 g/mol. The fraction of sp³-hybridized carbons (Fsp3) is 0.613. The van der Waals surface area contributed by atoms with Crippen LogP contribution in [0.15, 0.2) is 30.6 Å². The van der Waals surface area contributed by atoms with Crippen molar-refractivity contribution in [1.82, 2.24) is 20.2 Å². The highest BCUT2D eigenvalue weighted by atomic mass is 35.5. The van der Waals surface area contributed by atoms with Crippen LogP contribution < -0.4 is 15.0 Å². The first-order chi connectivity index (χ1) is 19.5. The summed E-state index contributed by atoms with van der Waals surface area (Å²) in [6, 6.07) is 7.00. The molecule has 1 amide bonds. The van der Waals surface area contributed by atoms with Crippen LogP contribution in [-0.4, -0.2) is 76.9 Å². The Bertz CT molecular complexity index is 1260. The number of carbonyl (C=O) groups excluding carboxylic acids is 1. The Hall–Kier alpha value is -2.93. The van der Waals surface area contributed by atoms with E-state index in [9.17, 15) is 9.90 Å². The summed E-state index contributed by atoms with van der Waals surface area (Å²) in [5.74, 6) is 1.73. The van der Waals surface area contributed by atoms with Crippen LogP contribution in [0, 0.1) is 28.1 Å². The van der Waals surface area contributed by atoms with Crippen molar-refractivity contribution in [1.29, 1.82) is 5.26 Å². The highest BCUT2D eigenvalue weighted by Gasteiger charge is 2.64. The third-order valence-electron chi connectivity index (χ3n) is 9.32. The zero-order valence-corrected chi connectivity index (χ0v) is 25.2. The molecule has 2 saturated carbocycles. The molecule has 2 aromatic rings. The van der Waals surface area contributed by atoms with Crippen LogP contribution in [0.25, 0.3) is 0 Å². The normalized spacial score (nSPS) is 27.4. The zero-order valence-electron chi connectivity index (χ0n) is 24.4. The molecule has 2 heterocycles. The molecule has 0 radical (unpaired) electrons. The first-order valence-electron chi connectivity index (χ1n) is 14.6. The minimum atomic E-state index is -0.350. The number of nitrogens with zero attached hydrogens (tertiary/aromatic N) is 5. The summed E-state index contributed by atoms with van der Waals surface area (Å²) in [5.41, 5.74) is 0.139. The lowest BCUT2D eigenvalue weighted by Crippen LogP contribution is -2.74. The number of hydrogen-bond acceptors (Lipinski definition) is 8. The molecule has 0 atom stereocenters. The fourth-order valence-corrected chi connectivity index (χ4v) is 7.45. The Morgan fingerprint density at radius 1 is 1.10 bits per heavy atom. The van der Waals surface area contributed by atoms with Gasteiger partial charge in [-0.1, -0.05) is 39.3 Å². The highest BCUT2D eigenvalue weighted by Crippen LogP contribution is 2.55. The van der Waals surface area contributed by atoms with Crippen LogP contribution in [0.1, 0.15) is 69.3 Å². The lowest BCUT2D eigenvalue weighted by Gasteiger charge is -2.63. The van der Waals surface area contributed by atoms with E-state index in [0.29, 0.717) is 33.8 Å². The molecule has 220 valence electrons. The Morgan fingerprint density at radius 3 is 2.32 bits per heavy atom. The standard InChI is InChI=1S/C31H41ClN6O3/c1-30(2)27(31(3,4)28(30)41-24-10-7-21(16-33)25(32)15-24)36-26(40)22-17-34-29(35-18-22)38-13-11-37(12-14-38)19-20-5-8-23(39)9-6-20/h7,10,15,17-18,20,23,27-28,39H,5-6,8-9,11-14,19H2,1-4H3,(H,36,40). The SMILES string of the molecule is CC1(C)C(NC(=O)c2cnc(N3CCN(CC4CCC(O)CC4)CC3)nc2)C(C)(C)C1Oc1ccc(C#N)c(Cl)c1. The molecule has 1 saturated heterocycles. The molecule has 9 nitrogen and oxygen atoms in total. The van der Waals surface area contributed by atoms with Crippen molar-refractivity contribution in [2.75, 3.05) is 37.6 Å². The number of nitriles is 1. The molecule has 0 unspecified atom stereocenters. The monoisotopic (exact) mass is 580 g/mol. The molecule has 1 aliphatic heterocycles. The van der Waals surface area contributed by atoms with Crippen LogP contribution in [0.2, 0.25) is 5.02 Å². The molecule has 0 spiro atoms. The summed E-state index contributed by atoms with van der Waals surface area (Å²) >= 11 is 6.21. The summed E-state index contributed by atoms with van der Waals surface area (Å²) in [7, 11) is 0. The van der Waals surface area contributed by atoms with Gasteiger partial charge in [0.2, 0.25) is 5.95 Å². The number of ether oxygens (including phenoxy) is 1. The van der Waals surface area contributed by atoms with Crippen LogP contribution in [0.5, 0.6) is 5.75 Å². The number of anilines is 1. The smallest absolute Gasteiger partial charge is 0.254 e. The van der Waals surface area contributed by atoms with Crippen molar-refractivity contribution in [3.63, 3.8) is 0 Å². The number of carbonyl (C=O) groups is 1. The maximum Gasteiger partial charge on any atom is 0.254 e. The minimum absolute atomic E-state index is 0.108. The second kappa shape index (κ2) is 11.7. The fourth-order valence-electron chi connectivity index (χ4n) is 7.23. The quantitative estimate of drug-likeness (QED) is 0.498. The van der Waals surface area contributed by atoms with Gasteiger partial charge in [-0.15, -0.1) is 0 Å². The topological polar surface area (TPSA) is 115 Å². The Morgan fingerprint density at radius 2 is 1.73 bits per heavy atom. The maximum absolute atomic E-state index is 13.2. The summed E-state index contributed by atoms with van der Waals surface area (Å²) in [6.07, 6.45) is 7.03. The molecule has 1 aromatic heterocycles. The van der Waals surface area contributed by atoms with Gasteiger partial charge in [-0.3, -0.25) is 9.69 Å². The first-order valence-corrected chi connectivity index (χ1v) is 15.0. The Labute approximate surface area is 247 Å². The number of amides is 1. The summed E-state index contributed by atoms with van der Waals surface area (Å²) in [6.45, 7) is 13.1. The second-order valence-electron chi connectivity index (χ2n) is 13.0. The number of aliphatic hydroxyl groups is 1. The second-order valence-corrected chi connectivity index (χ2v) is 13.4. The average molecular weight is 581 g/mol. The first kappa shape index (κ1) is 29.6. The Kier molecular flexibility index (Phi) is 8.47. The lowest BCUT2D eigenvalue weighted by atomic mass is 9.49. The molecule has 0 bridgehead atoms. The number of halogens is 1. The molecular formula is C31H41ClN6O3. The number of benzene rings is 1. The third kappa shape index (κ3) is 6.15. The predicted octanol–water partition coefficient (Wildman–Crippen LogP) is 4.29. The van der Waals surface area contributed by atoms with Gasteiger partial charge in [0.1, 0.15) is 17.9 Å². The van der Waals surface area contributed by atoms with Crippen LogP contribution in [-0.2, 0) is 0 Å². The van der Waals surface area contributed by atoms with Crippen LogP contribution in [0.3, 0.4) is 0 Å². The van der Waals surface area contributed by atoms with Gasteiger partial charge in [0, 0.05) is 68.1 Å². The molecule has 2 N–H and O–H groups in total. The summed E-state index contributed by atoms with van der Waals surface area (Å²) in [4.78, 5) is 27.0. The van der Waals surface area contributed by atoms with Crippen molar-refractivity contribution < 1.29 is 14.6 Å². The van der Waals surface area contributed by atoms with E-state index in [1.165, 1.54) is 0 Å². The lowest BCUT2D eigenvalue weighted by molar-refractivity contribution is -0.164. The van der Waals surface area contributed by atoms with Gasteiger partial charge < -0.3 is 20.1 Å². The van der Waals surface area contributed by atoms with Crippen molar-refractivity contribution in [2.24, 2.45) is 16.7 Å². The Balaban J connectivity index is 1.14. The van der Waals surface area contributed by atoms with Gasteiger partial charge in [0.15, 0.2) is 0 Å². The van der Waals surface area contributed by atoms with E-state index < -0.39 is 0 Å². The summed E-state index contributed by atoms with van der Waals surface area (Å²) < 4.78 is 6.33. The molecule has 3 aliphatic rings. The summed E-state index contributed by atoms with van der Waals surface area (Å²) in [5, 5.41) is 22.5. The van der Waals surface area contributed by atoms with Crippen LogP contribution >= 0.6 is 11.6 Å². The van der Waals surface area contributed by atoms with Crippen molar-refractivity contribution in [3.05, 3.63) is 46.7 Å². The maximum atomic E-state index is 13.2. The molecule has 10 heteroatoms. The highest BCUT2D eigenvalue weighted by molar-refractivity contribution is 6.31. The molecule has 3 fully saturated rings. The molecule has 41 heavy (non-hydrogen) atoms. The van der Waals surface area contributed by atoms with Crippen molar-refractivity contribution >= 4 is 23.5 Å². The molecule has 2 aliphatic carbocycles. The number of nitrogens with one attached hydrogen (secondary N) is 1. The number of hydrogen-bond donors (Lipinski definition) is 2. The van der Waals surface area contributed by atoms with E-state index in [0.717, 1.165) is 58.4 Å². The van der Waals surface area contributed by atoms with E-state index in [4.69, 9.17) is 21.6 Å². The van der Waals surface area contributed by atoms with Gasteiger partial charge in [-0.25, -0.2) is 9.97 Å².